The monoisotopic (exact) mass is 241 g/mol. The lowest BCUT2D eigenvalue weighted by Crippen LogP contribution is -1.89. The van der Waals surface area contributed by atoms with Gasteiger partial charge in [-0.15, -0.1) is 0 Å². The molecule has 3 nitrogen and oxygen atoms in total. The molecule has 0 atom stereocenters. The predicted octanol–water partition coefficient (Wildman–Crippen LogP) is 2.97. The SMILES string of the molecule is Cc1ccc(C=C(Br)[N+](=O)[O-])cc1. The van der Waals surface area contributed by atoms with Crippen molar-refractivity contribution in [1.29, 1.82) is 0 Å². The van der Waals surface area contributed by atoms with Crippen molar-refractivity contribution in [2.24, 2.45) is 0 Å². The van der Waals surface area contributed by atoms with E-state index in [2.05, 4.69) is 15.9 Å². The van der Waals surface area contributed by atoms with Crippen molar-refractivity contribution in [3.63, 3.8) is 0 Å². The summed E-state index contributed by atoms with van der Waals surface area (Å²) in [5.74, 6) is 0. The summed E-state index contributed by atoms with van der Waals surface area (Å²) < 4.78 is -0.0312. The molecule has 0 N–H and O–H groups in total. The Bertz CT molecular complexity index is 343. The third-order valence-corrected chi connectivity index (χ3v) is 2.06. The molecule has 0 unspecified atom stereocenters. The van der Waals surface area contributed by atoms with E-state index in [1.165, 1.54) is 6.08 Å². The maximum absolute atomic E-state index is 10.3. The fraction of sp³-hybridized carbons (Fsp3) is 0.111. The Hall–Kier alpha value is -1.16. The average molecular weight is 242 g/mol. The summed E-state index contributed by atoms with van der Waals surface area (Å²) in [5, 5.41) is 10.3. The van der Waals surface area contributed by atoms with Gasteiger partial charge < -0.3 is 0 Å². The normalized spacial score (nSPS) is 11.4. The fourth-order valence-corrected chi connectivity index (χ4v) is 1.12. The van der Waals surface area contributed by atoms with E-state index in [0.29, 0.717) is 0 Å². The van der Waals surface area contributed by atoms with E-state index in [1.54, 1.807) is 0 Å². The van der Waals surface area contributed by atoms with Gasteiger partial charge in [-0.2, -0.15) is 0 Å². The first kappa shape index (κ1) is 9.92. The first-order valence-corrected chi connectivity index (χ1v) is 4.47. The molecule has 68 valence electrons. The minimum absolute atomic E-state index is 0.0312. The molecular formula is C9H8BrNO2. The molecule has 0 aromatic heterocycles. The van der Waals surface area contributed by atoms with Gasteiger partial charge in [-0.05, 0) is 12.5 Å². The van der Waals surface area contributed by atoms with Crippen molar-refractivity contribution in [1.82, 2.24) is 0 Å². The van der Waals surface area contributed by atoms with Crippen LogP contribution in [0.3, 0.4) is 0 Å². The van der Waals surface area contributed by atoms with Crippen LogP contribution in [0.2, 0.25) is 0 Å². The minimum Gasteiger partial charge on any atom is -0.258 e. The first-order valence-electron chi connectivity index (χ1n) is 3.68. The Morgan fingerprint density at radius 3 is 2.46 bits per heavy atom. The van der Waals surface area contributed by atoms with E-state index < -0.39 is 4.92 Å². The molecule has 0 amide bonds. The third kappa shape index (κ3) is 2.99. The Morgan fingerprint density at radius 1 is 1.46 bits per heavy atom. The Morgan fingerprint density at radius 2 is 2.00 bits per heavy atom. The van der Waals surface area contributed by atoms with Gasteiger partial charge in [-0.1, -0.05) is 29.8 Å². The van der Waals surface area contributed by atoms with Gasteiger partial charge in [-0.3, -0.25) is 10.1 Å². The van der Waals surface area contributed by atoms with Gasteiger partial charge in [-0.25, -0.2) is 0 Å². The third-order valence-electron chi connectivity index (χ3n) is 1.54. The van der Waals surface area contributed by atoms with Crippen LogP contribution in [-0.4, -0.2) is 4.92 Å². The number of hydrogen-bond donors (Lipinski definition) is 0. The molecule has 0 aliphatic rings. The van der Waals surface area contributed by atoms with Gasteiger partial charge in [0.2, 0.25) is 0 Å². The number of nitrogens with zero attached hydrogens (tertiary/aromatic N) is 1. The van der Waals surface area contributed by atoms with Crippen LogP contribution >= 0.6 is 15.9 Å². The molecule has 0 fully saturated rings. The van der Waals surface area contributed by atoms with Crippen LogP contribution in [0, 0.1) is 17.0 Å². The molecule has 0 heterocycles. The summed E-state index contributed by atoms with van der Waals surface area (Å²) in [7, 11) is 0. The lowest BCUT2D eigenvalue weighted by atomic mass is 10.1. The van der Waals surface area contributed by atoms with E-state index in [9.17, 15) is 10.1 Å². The molecule has 1 aromatic rings. The molecule has 0 spiro atoms. The Labute approximate surface area is 84.4 Å². The average Bonchev–Trinajstić information content (AvgIpc) is 2.08. The first-order chi connectivity index (χ1) is 6.09. The zero-order chi connectivity index (χ0) is 9.84. The highest BCUT2D eigenvalue weighted by Crippen LogP contribution is 2.12. The van der Waals surface area contributed by atoms with Crippen molar-refractivity contribution in [2.45, 2.75) is 6.92 Å². The van der Waals surface area contributed by atoms with Crippen molar-refractivity contribution in [3.05, 3.63) is 50.1 Å². The van der Waals surface area contributed by atoms with Crippen LogP contribution in [0.25, 0.3) is 6.08 Å². The second-order valence-corrected chi connectivity index (χ2v) is 3.45. The molecule has 1 rings (SSSR count). The van der Waals surface area contributed by atoms with Crippen molar-refractivity contribution >= 4 is 22.0 Å². The fourth-order valence-electron chi connectivity index (χ4n) is 0.853. The lowest BCUT2D eigenvalue weighted by Gasteiger charge is -1.93. The molecule has 0 saturated carbocycles. The summed E-state index contributed by atoms with van der Waals surface area (Å²) in [6, 6.07) is 7.48. The molecule has 0 aliphatic carbocycles. The molecule has 0 aliphatic heterocycles. The van der Waals surface area contributed by atoms with E-state index in [-0.39, 0.29) is 4.61 Å². The number of rotatable bonds is 2. The Balaban J connectivity index is 2.92. The van der Waals surface area contributed by atoms with Gasteiger partial charge in [0.1, 0.15) is 0 Å². The predicted molar refractivity (Wildman–Crippen MR) is 55.1 cm³/mol. The van der Waals surface area contributed by atoms with Crippen LogP contribution in [0.4, 0.5) is 0 Å². The van der Waals surface area contributed by atoms with Crippen molar-refractivity contribution in [3.8, 4) is 0 Å². The molecule has 1 aromatic carbocycles. The number of hydrogen-bond acceptors (Lipinski definition) is 2. The van der Waals surface area contributed by atoms with Crippen LogP contribution in [0.5, 0.6) is 0 Å². The van der Waals surface area contributed by atoms with Gasteiger partial charge in [0.15, 0.2) is 0 Å². The summed E-state index contributed by atoms with van der Waals surface area (Å²) >= 11 is 2.86. The standard InChI is InChI=1S/C9H8BrNO2/c1-7-2-4-8(5-3-7)6-9(10)11(12)13/h2-6H,1H3. The van der Waals surface area contributed by atoms with Crippen LogP contribution < -0.4 is 0 Å². The van der Waals surface area contributed by atoms with Crippen LogP contribution in [0.15, 0.2) is 28.9 Å². The smallest absolute Gasteiger partial charge is 0.258 e. The van der Waals surface area contributed by atoms with Gasteiger partial charge in [0.05, 0.1) is 4.92 Å². The number of halogens is 1. The van der Waals surface area contributed by atoms with E-state index >= 15 is 0 Å². The van der Waals surface area contributed by atoms with E-state index in [1.807, 2.05) is 31.2 Å². The van der Waals surface area contributed by atoms with Gasteiger partial charge in [0.25, 0.3) is 0 Å². The molecule has 0 saturated heterocycles. The highest BCUT2D eigenvalue weighted by molar-refractivity contribution is 9.11. The topological polar surface area (TPSA) is 43.1 Å². The highest BCUT2D eigenvalue weighted by Gasteiger charge is 2.03. The number of aryl methyl sites for hydroxylation is 1. The van der Waals surface area contributed by atoms with Gasteiger partial charge >= 0.3 is 4.61 Å². The highest BCUT2D eigenvalue weighted by atomic mass is 79.9. The van der Waals surface area contributed by atoms with Crippen LogP contribution in [-0.2, 0) is 0 Å². The second kappa shape index (κ2) is 4.18. The molecule has 0 radical (unpaired) electrons. The zero-order valence-electron chi connectivity index (χ0n) is 7.03. The summed E-state index contributed by atoms with van der Waals surface area (Å²) in [6.45, 7) is 1.97. The zero-order valence-corrected chi connectivity index (χ0v) is 8.61. The molecule has 0 bridgehead atoms. The maximum Gasteiger partial charge on any atom is 0.311 e. The minimum atomic E-state index is -0.472. The van der Waals surface area contributed by atoms with Crippen molar-refractivity contribution < 1.29 is 4.92 Å². The summed E-state index contributed by atoms with van der Waals surface area (Å²) in [4.78, 5) is 9.79. The van der Waals surface area contributed by atoms with E-state index in [0.717, 1.165) is 11.1 Å². The summed E-state index contributed by atoms with van der Waals surface area (Å²) in [6.07, 6.45) is 1.47. The Kier molecular flexibility index (Phi) is 3.19. The molecule has 4 heteroatoms. The summed E-state index contributed by atoms with van der Waals surface area (Å²) in [5.41, 5.74) is 1.95. The van der Waals surface area contributed by atoms with E-state index in [4.69, 9.17) is 0 Å². The lowest BCUT2D eigenvalue weighted by molar-refractivity contribution is -0.407. The second-order valence-electron chi connectivity index (χ2n) is 2.63. The largest absolute Gasteiger partial charge is 0.311 e. The number of benzene rings is 1. The molecular weight excluding hydrogens is 234 g/mol. The molecule has 13 heavy (non-hydrogen) atoms. The van der Waals surface area contributed by atoms with Gasteiger partial charge in [0, 0.05) is 22.0 Å². The quantitative estimate of drug-likeness (QED) is 0.454. The maximum atomic E-state index is 10.3. The number of nitro groups is 1. The van der Waals surface area contributed by atoms with Crippen molar-refractivity contribution in [2.75, 3.05) is 0 Å². The van der Waals surface area contributed by atoms with Crippen LogP contribution in [0.1, 0.15) is 11.1 Å².